The zero-order valence-corrected chi connectivity index (χ0v) is 12.5. The van der Waals surface area contributed by atoms with Crippen molar-refractivity contribution in [1.29, 1.82) is 0 Å². The van der Waals surface area contributed by atoms with Crippen molar-refractivity contribution in [3.05, 3.63) is 69.2 Å². The summed E-state index contributed by atoms with van der Waals surface area (Å²) in [6, 6.07) is 12.0. The molecule has 0 bridgehead atoms. The van der Waals surface area contributed by atoms with E-state index in [1.807, 2.05) is 12.1 Å². The first-order valence-corrected chi connectivity index (χ1v) is 6.92. The number of hydrogen-bond donors (Lipinski definition) is 0. The molecule has 22 heavy (non-hydrogen) atoms. The lowest BCUT2D eigenvalue weighted by Crippen LogP contribution is -2.14. The molecule has 2 aromatic carbocycles. The largest absolute Gasteiger partial charge is 0.465 e. The first-order valence-electron chi connectivity index (χ1n) is 6.54. The van der Waals surface area contributed by atoms with Gasteiger partial charge in [0.05, 0.1) is 24.7 Å². The number of ether oxygens (including phenoxy) is 1. The van der Waals surface area contributed by atoms with Crippen LogP contribution in [0.2, 0.25) is 5.02 Å². The predicted octanol–water partition coefficient (Wildman–Crippen LogP) is 3.08. The molecule has 0 saturated carbocycles. The van der Waals surface area contributed by atoms with Crippen molar-refractivity contribution in [1.82, 2.24) is 4.57 Å². The smallest absolute Gasteiger partial charge is 0.420 e. The minimum absolute atomic E-state index is 0.336. The number of benzene rings is 2. The van der Waals surface area contributed by atoms with Crippen molar-refractivity contribution in [2.24, 2.45) is 0 Å². The van der Waals surface area contributed by atoms with Crippen molar-refractivity contribution >= 4 is 28.7 Å². The maximum Gasteiger partial charge on any atom is 0.420 e. The van der Waals surface area contributed by atoms with Gasteiger partial charge in [0.25, 0.3) is 0 Å². The number of hydrogen-bond acceptors (Lipinski definition) is 4. The molecule has 0 spiro atoms. The quantitative estimate of drug-likeness (QED) is 0.696. The van der Waals surface area contributed by atoms with Gasteiger partial charge in [0, 0.05) is 5.02 Å². The number of carbonyl (C=O) groups excluding carboxylic acids is 1. The highest BCUT2D eigenvalue weighted by atomic mass is 35.5. The highest BCUT2D eigenvalue weighted by molar-refractivity contribution is 6.30. The minimum atomic E-state index is -0.480. The second kappa shape index (κ2) is 5.69. The molecule has 0 aliphatic rings. The van der Waals surface area contributed by atoms with Crippen LogP contribution in [0.25, 0.3) is 11.1 Å². The van der Waals surface area contributed by atoms with E-state index in [1.165, 1.54) is 17.7 Å². The molecule has 0 N–H and O–H groups in total. The average Bonchev–Trinajstić information content (AvgIpc) is 2.83. The van der Waals surface area contributed by atoms with E-state index in [1.54, 1.807) is 24.3 Å². The average molecular weight is 318 g/mol. The van der Waals surface area contributed by atoms with Crippen molar-refractivity contribution in [2.45, 2.75) is 6.54 Å². The van der Waals surface area contributed by atoms with Crippen molar-refractivity contribution in [2.75, 3.05) is 7.11 Å². The first-order chi connectivity index (χ1) is 10.6. The normalized spacial score (nSPS) is 10.8. The van der Waals surface area contributed by atoms with Gasteiger partial charge in [-0.15, -0.1) is 0 Å². The van der Waals surface area contributed by atoms with Gasteiger partial charge in [0.1, 0.15) is 0 Å². The van der Waals surface area contributed by atoms with E-state index in [2.05, 4.69) is 4.74 Å². The second-order valence-corrected chi connectivity index (χ2v) is 5.19. The summed E-state index contributed by atoms with van der Waals surface area (Å²) in [7, 11) is 1.30. The van der Waals surface area contributed by atoms with E-state index < -0.39 is 11.7 Å². The Morgan fingerprint density at radius 3 is 2.64 bits per heavy atom. The van der Waals surface area contributed by atoms with E-state index in [0.717, 1.165) is 5.56 Å². The maximum atomic E-state index is 12.0. The van der Waals surface area contributed by atoms with Crippen molar-refractivity contribution in [3.63, 3.8) is 0 Å². The number of halogens is 1. The molecule has 1 aromatic heterocycles. The Morgan fingerprint density at radius 2 is 1.95 bits per heavy atom. The van der Waals surface area contributed by atoms with Gasteiger partial charge in [-0.05, 0) is 35.9 Å². The van der Waals surface area contributed by atoms with E-state index in [4.69, 9.17) is 16.0 Å². The third kappa shape index (κ3) is 2.63. The third-order valence-electron chi connectivity index (χ3n) is 3.34. The van der Waals surface area contributed by atoms with Gasteiger partial charge in [-0.2, -0.15) is 0 Å². The molecule has 0 aliphatic heterocycles. The number of nitrogens with zero attached hydrogens (tertiary/aromatic N) is 1. The van der Waals surface area contributed by atoms with E-state index in [-0.39, 0.29) is 0 Å². The van der Waals surface area contributed by atoms with Gasteiger partial charge >= 0.3 is 11.7 Å². The molecule has 0 fully saturated rings. The number of methoxy groups -OCH3 is 1. The number of fused-ring (bicyclic) bond motifs is 1. The number of oxazole rings is 1. The zero-order chi connectivity index (χ0) is 15.7. The van der Waals surface area contributed by atoms with Crippen LogP contribution in [-0.2, 0) is 11.3 Å². The molecular formula is C16H12ClNO4. The van der Waals surface area contributed by atoms with Crippen LogP contribution in [-0.4, -0.2) is 17.6 Å². The molecule has 5 nitrogen and oxygen atoms in total. The fourth-order valence-electron chi connectivity index (χ4n) is 2.23. The number of esters is 1. The Hall–Kier alpha value is -2.53. The lowest BCUT2D eigenvalue weighted by atomic mass is 10.2. The molecule has 112 valence electrons. The highest BCUT2D eigenvalue weighted by Gasteiger charge is 2.13. The number of aromatic nitrogens is 1. The summed E-state index contributed by atoms with van der Waals surface area (Å²) in [5, 5.41) is 0.635. The van der Waals surface area contributed by atoms with Crippen LogP contribution < -0.4 is 5.76 Å². The zero-order valence-electron chi connectivity index (χ0n) is 11.7. The fraction of sp³-hybridized carbons (Fsp3) is 0.125. The van der Waals surface area contributed by atoms with Gasteiger partial charge in [-0.3, -0.25) is 4.57 Å². The molecular weight excluding hydrogens is 306 g/mol. The Balaban J connectivity index is 2.03. The Morgan fingerprint density at radius 1 is 1.23 bits per heavy atom. The fourth-order valence-corrected chi connectivity index (χ4v) is 2.36. The molecule has 0 aliphatic carbocycles. The second-order valence-electron chi connectivity index (χ2n) is 4.75. The molecule has 0 unspecified atom stereocenters. The lowest BCUT2D eigenvalue weighted by Gasteiger charge is -2.03. The summed E-state index contributed by atoms with van der Waals surface area (Å²) in [5.41, 5.74) is 2.23. The van der Waals surface area contributed by atoms with Crippen LogP contribution in [0.15, 0.2) is 51.7 Å². The lowest BCUT2D eigenvalue weighted by molar-refractivity contribution is 0.0601. The van der Waals surface area contributed by atoms with Crippen molar-refractivity contribution in [3.8, 4) is 0 Å². The molecule has 6 heteroatoms. The minimum Gasteiger partial charge on any atom is -0.465 e. The molecule has 0 atom stereocenters. The van der Waals surface area contributed by atoms with Gasteiger partial charge < -0.3 is 9.15 Å². The summed E-state index contributed by atoms with van der Waals surface area (Å²) < 4.78 is 11.4. The van der Waals surface area contributed by atoms with Crippen LogP contribution in [0.5, 0.6) is 0 Å². The highest BCUT2D eigenvalue weighted by Crippen LogP contribution is 2.18. The van der Waals surface area contributed by atoms with Gasteiger partial charge in [0.15, 0.2) is 5.58 Å². The summed E-state index contributed by atoms with van der Waals surface area (Å²) >= 11 is 5.85. The molecule has 0 amide bonds. The Kier molecular flexibility index (Phi) is 3.73. The monoisotopic (exact) mass is 317 g/mol. The predicted molar refractivity (Wildman–Crippen MR) is 82.4 cm³/mol. The summed E-state index contributed by atoms with van der Waals surface area (Å²) in [6.07, 6.45) is 0. The van der Waals surface area contributed by atoms with Crippen molar-refractivity contribution < 1.29 is 13.9 Å². The van der Waals surface area contributed by atoms with Crippen LogP contribution in [0, 0.1) is 0 Å². The first kappa shape index (κ1) is 14.4. The summed E-state index contributed by atoms with van der Waals surface area (Å²) in [6.45, 7) is 0.362. The van der Waals surface area contributed by atoms with E-state index in [9.17, 15) is 9.59 Å². The Labute approximate surface area is 130 Å². The molecule has 3 rings (SSSR count). The molecule has 0 radical (unpaired) electrons. The van der Waals surface area contributed by atoms with Gasteiger partial charge in [0.2, 0.25) is 0 Å². The SMILES string of the molecule is COC(=O)c1ccc2c(c1)oc(=O)n2Cc1ccc(Cl)cc1. The Bertz CT molecular complexity index is 893. The summed E-state index contributed by atoms with van der Waals surface area (Å²) in [5.74, 6) is -0.957. The van der Waals surface area contributed by atoms with Crippen LogP contribution in [0.3, 0.4) is 0 Å². The van der Waals surface area contributed by atoms with Gasteiger partial charge in [-0.25, -0.2) is 9.59 Å². The molecule has 0 saturated heterocycles. The number of carbonyl (C=O) groups is 1. The standard InChI is InChI=1S/C16H12ClNO4/c1-21-15(19)11-4-7-13-14(8-11)22-16(20)18(13)9-10-2-5-12(17)6-3-10/h2-8H,9H2,1H3. The molecule has 1 heterocycles. The van der Waals surface area contributed by atoms with Crippen LogP contribution in [0.1, 0.15) is 15.9 Å². The molecule has 3 aromatic rings. The van der Waals surface area contributed by atoms with E-state index >= 15 is 0 Å². The number of rotatable bonds is 3. The van der Waals surface area contributed by atoms with Crippen LogP contribution >= 0.6 is 11.6 Å². The van der Waals surface area contributed by atoms with Gasteiger partial charge in [-0.1, -0.05) is 23.7 Å². The summed E-state index contributed by atoms with van der Waals surface area (Å²) in [4.78, 5) is 23.5. The maximum absolute atomic E-state index is 12.0. The van der Waals surface area contributed by atoms with Crippen LogP contribution in [0.4, 0.5) is 0 Å². The third-order valence-corrected chi connectivity index (χ3v) is 3.60. The van der Waals surface area contributed by atoms with E-state index in [0.29, 0.717) is 28.2 Å². The topological polar surface area (TPSA) is 61.4 Å².